The zero-order chi connectivity index (χ0) is 23.7. The van der Waals surface area contributed by atoms with Crippen molar-refractivity contribution in [3.8, 4) is 0 Å². The first-order valence-corrected chi connectivity index (χ1v) is 12.9. The number of nitrogens with one attached hydrogen (secondary N) is 1. The Bertz CT molecular complexity index is 1160. The average Bonchev–Trinajstić information content (AvgIpc) is 2.82. The molecule has 0 fully saturated rings. The maximum Gasteiger partial charge on any atom is 0.264 e. The van der Waals surface area contributed by atoms with Crippen molar-refractivity contribution in [2.75, 3.05) is 23.1 Å². The smallest absolute Gasteiger partial charge is 0.264 e. The number of nitrogens with zero attached hydrogens (tertiary/aromatic N) is 1. The molecule has 0 saturated carbocycles. The average molecular weight is 491 g/mol. The van der Waals surface area contributed by atoms with Crippen molar-refractivity contribution in [2.45, 2.75) is 17.1 Å². The number of halogens is 2. The standard InChI is InChI=1S/C24H24F2N2O3S2/c25-20-13-11-19(12-14-20)18-32-16-6-15-27-24(29)17-28(23-10-5-4-9-22(23)26)33(30,31)21-7-2-1-3-8-21/h1-5,7-14H,6,15-18H2,(H,27,29). The topological polar surface area (TPSA) is 66.5 Å². The van der Waals surface area contributed by atoms with Gasteiger partial charge < -0.3 is 5.32 Å². The van der Waals surface area contributed by atoms with Crippen LogP contribution in [0, 0.1) is 11.6 Å². The molecule has 1 amide bonds. The van der Waals surface area contributed by atoms with E-state index in [9.17, 15) is 22.0 Å². The summed E-state index contributed by atoms with van der Waals surface area (Å²) in [7, 11) is -4.14. The number of hydrogen-bond donors (Lipinski definition) is 1. The molecule has 0 bridgehead atoms. The SMILES string of the molecule is O=C(CN(c1ccccc1F)S(=O)(=O)c1ccccc1)NCCCSCc1ccc(F)cc1. The summed E-state index contributed by atoms with van der Waals surface area (Å²) in [5.41, 5.74) is 0.823. The fourth-order valence-corrected chi connectivity index (χ4v) is 5.40. The van der Waals surface area contributed by atoms with Gasteiger partial charge in [0.1, 0.15) is 18.2 Å². The lowest BCUT2D eigenvalue weighted by molar-refractivity contribution is -0.119. The molecule has 1 N–H and O–H groups in total. The van der Waals surface area contributed by atoms with E-state index in [1.54, 1.807) is 42.1 Å². The Kier molecular flexibility index (Phi) is 8.85. The van der Waals surface area contributed by atoms with Crippen LogP contribution in [0.25, 0.3) is 0 Å². The molecule has 3 aromatic rings. The number of thioether (sulfide) groups is 1. The molecule has 0 unspecified atom stereocenters. The Morgan fingerprint density at radius 2 is 1.58 bits per heavy atom. The van der Waals surface area contributed by atoms with Crippen LogP contribution in [0.3, 0.4) is 0 Å². The Hall–Kier alpha value is -2.91. The highest BCUT2D eigenvalue weighted by molar-refractivity contribution is 7.98. The number of hydrogen-bond acceptors (Lipinski definition) is 4. The van der Waals surface area contributed by atoms with Crippen LogP contribution in [0.4, 0.5) is 14.5 Å². The van der Waals surface area contributed by atoms with Gasteiger partial charge in [-0.15, -0.1) is 0 Å². The summed E-state index contributed by atoms with van der Waals surface area (Å²) in [5.74, 6) is -0.0461. The highest BCUT2D eigenvalue weighted by Gasteiger charge is 2.28. The minimum absolute atomic E-state index is 0.0294. The number of amides is 1. The first-order chi connectivity index (χ1) is 15.9. The van der Waals surface area contributed by atoms with Crippen LogP contribution in [0.5, 0.6) is 0 Å². The Labute approximate surface area is 196 Å². The van der Waals surface area contributed by atoms with Gasteiger partial charge in [-0.2, -0.15) is 11.8 Å². The molecule has 0 atom stereocenters. The summed E-state index contributed by atoms with van der Waals surface area (Å²) in [6.45, 7) is -0.188. The van der Waals surface area contributed by atoms with E-state index >= 15 is 0 Å². The Morgan fingerprint density at radius 1 is 0.909 bits per heavy atom. The van der Waals surface area contributed by atoms with Crippen LogP contribution in [-0.4, -0.2) is 33.2 Å². The van der Waals surface area contributed by atoms with E-state index in [0.29, 0.717) is 13.0 Å². The van der Waals surface area contributed by atoms with E-state index in [4.69, 9.17) is 0 Å². The quantitative estimate of drug-likeness (QED) is 0.399. The predicted molar refractivity (Wildman–Crippen MR) is 128 cm³/mol. The monoisotopic (exact) mass is 490 g/mol. The molecule has 0 aliphatic rings. The Balaban J connectivity index is 1.57. The summed E-state index contributed by atoms with van der Waals surface area (Å²) in [4.78, 5) is 12.5. The van der Waals surface area contributed by atoms with Crippen LogP contribution >= 0.6 is 11.8 Å². The van der Waals surface area contributed by atoms with E-state index < -0.39 is 28.3 Å². The summed E-state index contributed by atoms with van der Waals surface area (Å²) in [6.07, 6.45) is 0.669. The lowest BCUT2D eigenvalue weighted by atomic mass is 10.2. The van der Waals surface area contributed by atoms with Crippen LogP contribution in [0.1, 0.15) is 12.0 Å². The number of carbonyl (C=O) groups excluding carboxylic acids is 1. The molecule has 0 aromatic heterocycles. The van der Waals surface area contributed by atoms with Gasteiger partial charge in [-0.1, -0.05) is 42.5 Å². The third-order valence-electron chi connectivity index (χ3n) is 4.71. The molecular weight excluding hydrogens is 466 g/mol. The van der Waals surface area contributed by atoms with Crippen molar-refractivity contribution in [3.63, 3.8) is 0 Å². The second-order valence-electron chi connectivity index (χ2n) is 7.16. The van der Waals surface area contributed by atoms with Gasteiger partial charge in [0, 0.05) is 12.3 Å². The van der Waals surface area contributed by atoms with E-state index in [2.05, 4.69) is 5.32 Å². The van der Waals surface area contributed by atoms with E-state index in [0.717, 1.165) is 27.4 Å². The van der Waals surface area contributed by atoms with Crippen LogP contribution in [0.15, 0.2) is 83.8 Å². The molecule has 5 nitrogen and oxygen atoms in total. The lowest BCUT2D eigenvalue weighted by Crippen LogP contribution is -2.41. The molecular formula is C24H24F2N2O3S2. The number of sulfonamides is 1. The van der Waals surface area contributed by atoms with Gasteiger partial charge >= 0.3 is 0 Å². The van der Waals surface area contributed by atoms with E-state index in [-0.39, 0.29) is 16.4 Å². The van der Waals surface area contributed by atoms with Gasteiger partial charge in [-0.3, -0.25) is 9.10 Å². The summed E-state index contributed by atoms with van der Waals surface area (Å²) >= 11 is 1.65. The number of rotatable bonds is 11. The van der Waals surface area contributed by atoms with Crippen molar-refractivity contribution in [1.82, 2.24) is 5.32 Å². The highest BCUT2D eigenvalue weighted by atomic mass is 32.2. The Morgan fingerprint density at radius 3 is 2.27 bits per heavy atom. The molecule has 33 heavy (non-hydrogen) atoms. The first kappa shape index (κ1) is 24.7. The molecule has 3 aromatic carbocycles. The normalized spacial score (nSPS) is 11.2. The molecule has 0 spiro atoms. The minimum atomic E-state index is -4.14. The molecule has 174 valence electrons. The molecule has 0 saturated heterocycles. The number of anilines is 1. The van der Waals surface area contributed by atoms with Crippen LogP contribution < -0.4 is 9.62 Å². The summed E-state index contributed by atoms with van der Waals surface area (Å²) < 4.78 is 54.4. The second-order valence-corrected chi connectivity index (χ2v) is 10.1. The molecule has 0 heterocycles. The van der Waals surface area contributed by atoms with Gasteiger partial charge in [0.05, 0.1) is 10.6 Å². The van der Waals surface area contributed by atoms with Crippen LogP contribution in [-0.2, 0) is 20.6 Å². The molecule has 0 aliphatic heterocycles. The fraction of sp³-hybridized carbons (Fsp3) is 0.208. The number of benzene rings is 3. The fourth-order valence-electron chi connectivity index (χ4n) is 3.03. The molecule has 0 radical (unpaired) electrons. The predicted octanol–water partition coefficient (Wildman–Crippen LogP) is 4.60. The largest absolute Gasteiger partial charge is 0.354 e. The van der Waals surface area contributed by atoms with Crippen molar-refractivity contribution in [2.24, 2.45) is 0 Å². The third-order valence-corrected chi connectivity index (χ3v) is 7.60. The van der Waals surface area contributed by atoms with Crippen molar-refractivity contribution >= 4 is 33.4 Å². The van der Waals surface area contributed by atoms with Crippen LogP contribution in [0.2, 0.25) is 0 Å². The second kappa shape index (κ2) is 11.8. The number of carbonyl (C=O) groups is 1. The zero-order valence-electron chi connectivity index (χ0n) is 17.8. The van der Waals surface area contributed by atoms with Crippen molar-refractivity contribution in [3.05, 3.63) is 96.1 Å². The van der Waals surface area contributed by atoms with Gasteiger partial charge in [-0.25, -0.2) is 17.2 Å². The minimum Gasteiger partial charge on any atom is -0.354 e. The zero-order valence-corrected chi connectivity index (χ0v) is 19.4. The van der Waals surface area contributed by atoms with Gasteiger partial charge in [-0.05, 0) is 54.1 Å². The third kappa shape index (κ3) is 7.03. The van der Waals surface area contributed by atoms with Gasteiger partial charge in [0.15, 0.2) is 0 Å². The van der Waals surface area contributed by atoms with E-state index in [1.807, 2.05) is 0 Å². The summed E-state index contributed by atoms with van der Waals surface area (Å²) in [6, 6.07) is 19.4. The molecule has 9 heteroatoms. The van der Waals surface area contributed by atoms with E-state index in [1.165, 1.54) is 42.5 Å². The van der Waals surface area contributed by atoms with Gasteiger partial charge in [0.2, 0.25) is 5.91 Å². The molecule has 3 rings (SSSR count). The maximum atomic E-state index is 14.4. The summed E-state index contributed by atoms with van der Waals surface area (Å²) in [5, 5.41) is 2.70. The molecule has 0 aliphatic carbocycles. The lowest BCUT2D eigenvalue weighted by Gasteiger charge is -2.24. The highest BCUT2D eigenvalue weighted by Crippen LogP contribution is 2.26. The van der Waals surface area contributed by atoms with Gasteiger partial charge in [0.25, 0.3) is 10.0 Å². The van der Waals surface area contributed by atoms with Crippen molar-refractivity contribution < 1.29 is 22.0 Å². The number of para-hydroxylation sites is 1. The van der Waals surface area contributed by atoms with Crippen molar-refractivity contribution in [1.29, 1.82) is 0 Å². The first-order valence-electron chi connectivity index (χ1n) is 10.3. The maximum absolute atomic E-state index is 14.4.